The van der Waals surface area contributed by atoms with Gasteiger partial charge in [-0.15, -0.1) is 5.10 Å². The Morgan fingerprint density at radius 3 is 2.53 bits per heavy atom. The van der Waals surface area contributed by atoms with Gasteiger partial charge in [-0.2, -0.15) is 9.78 Å². The molecule has 0 atom stereocenters. The van der Waals surface area contributed by atoms with Crippen LogP contribution >= 0.6 is 0 Å². The molecular weight excluding hydrogens is 450 g/mol. The van der Waals surface area contributed by atoms with Gasteiger partial charge in [0.2, 0.25) is 11.6 Å². The first-order valence-electron chi connectivity index (χ1n) is 9.29. The van der Waals surface area contributed by atoms with Gasteiger partial charge >= 0.3 is 0 Å². The van der Waals surface area contributed by atoms with Crippen LogP contribution in [0.2, 0.25) is 0 Å². The first-order chi connectivity index (χ1) is 16.4. The van der Waals surface area contributed by atoms with Gasteiger partial charge in [-0.25, -0.2) is 10.1 Å². The van der Waals surface area contributed by atoms with E-state index in [4.69, 9.17) is 5.73 Å². The van der Waals surface area contributed by atoms with Gasteiger partial charge in [0.25, 0.3) is 11.6 Å². The predicted octanol–water partition coefficient (Wildman–Crippen LogP) is -0.0649. The van der Waals surface area contributed by atoms with Crippen LogP contribution in [0, 0.1) is 10.1 Å². The van der Waals surface area contributed by atoms with Crippen LogP contribution in [0.15, 0.2) is 58.3 Å². The van der Waals surface area contributed by atoms with Crippen molar-refractivity contribution in [3.63, 3.8) is 0 Å². The van der Waals surface area contributed by atoms with Crippen LogP contribution in [0.5, 0.6) is 0 Å². The SMILES string of the molecule is Nc1nonc1-n1nnc(C(=O)NN=Cc2ccccc2C(=O)[O-])c1-c1ccc([N+](=O)[O-])cc1. The van der Waals surface area contributed by atoms with Crippen LogP contribution in [0.3, 0.4) is 0 Å². The highest BCUT2D eigenvalue weighted by Gasteiger charge is 2.25. The number of hydrogen-bond donors (Lipinski definition) is 2. The zero-order valence-corrected chi connectivity index (χ0v) is 16.9. The number of anilines is 1. The summed E-state index contributed by atoms with van der Waals surface area (Å²) >= 11 is 0. The number of nitrogens with zero attached hydrogens (tertiary/aromatic N) is 7. The van der Waals surface area contributed by atoms with Crippen molar-refractivity contribution in [2.45, 2.75) is 0 Å². The Morgan fingerprint density at radius 1 is 1.15 bits per heavy atom. The summed E-state index contributed by atoms with van der Waals surface area (Å²) < 4.78 is 5.66. The molecule has 0 bridgehead atoms. The number of benzene rings is 2. The second-order valence-corrected chi connectivity index (χ2v) is 6.55. The van der Waals surface area contributed by atoms with Gasteiger partial charge in [0.05, 0.1) is 17.1 Å². The van der Waals surface area contributed by atoms with Gasteiger partial charge < -0.3 is 15.6 Å². The number of hydrazone groups is 1. The van der Waals surface area contributed by atoms with Gasteiger partial charge in [-0.3, -0.25) is 14.9 Å². The van der Waals surface area contributed by atoms with Crippen molar-refractivity contribution in [2.24, 2.45) is 5.10 Å². The molecule has 3 N–H and O–H groups in total. The van der Waals surface area contributed by atoms with Gasteiger partial charge in [0.15, 0.2) is 5.69 Å². The Morgan fingerprint density at radius 2 is 1.88 bits per heavy atom. The number of nitrogen functional groups attached to an aromatic ring is 1. The number of non-ortho nitro benzene ring substituents is 1. The van der Waals surface area contributed by atoms with Crippen molar-refractivity contribution in [3.05, 3.63) is 75.5 Å². The number of carboxylic acids is 1. The van der Waals surface area contributed by atoms with E-state index in [1.807, 2.05) is 0 Å². The van der Waals surface area contributed by atoms with Crippen molar-refractivity contribution in [2.75, 3.05) is 5.73 Å². The average Bonchev–Trinajstić information content (AvgIpc) is 3.45. The molecule has 0 aliphatic rings. The maximum absolute atomic E-state index is 12.8. The molecule has 4 rings (SSSR count). The van der Waals surface area contributed by atoms with E-state index in [1.54, 1.807) is 6.07 Å². The quantitative estimate of drug-likeness (QED) is 0.210. The molecule has 0 radical (unpaired) electrons. The van der Waals surface area contributed by atoms with E-state index >= 15 is 0 Å². The number of nitro groups is 1. The average molecular weight is 462 g/mol. The molecular formula is C19H12N9O6-. The van der Waals surface area contributed by atoms with E-state index in [1.165, 1.54) is 42.5 Å². The smallest absolute Gasteiger partial charge is 0.294 e. The lowest BCUT2D eigenvalue weighted by molar-refractivity contribution is -0.384. The normalized spacial score (nSPS) is 10.9. The molecule has 4 aromatic rings. The second-order valence-electron chi connectivity index (χ2n) is 6.55. The van der Waals surface area contributed by atoms with Gasteiger partial charge in [0.1, 0.15) is 5.69 Å². The fourth-order valence-electron chi connectivity index (χ4n) is 2.93. The highest BCUT2D eigenvalue weighted by Crippen LogP contribution is 2.28. The van der Waals surface area contributed by atoms with Crippen LogP contribution in [0.4, 0.5) is 11.5 Å². The summed E-state index contributed by atoms with van der Waals surface area (Å²) in [6, 6.07) is 11.1. The number of hydrogen-bond acceptors (Lipinski definition) is 12. The Balaban J connectivity index is 1.70. The fraction of sp³-hybridized carbons (Fsp3) is 0. The third-order valence-corrected chi connectivity index (χ3v) is 4.48. The molecule has 0 spiro atoms. The molecule has 2 heterocycles. The molecule has 15 heteroatoms. The molecule has 0 aliphatic heterocycles. The number of aromatic carboxylic acids is 1. The molecule has 0 unspecified atom stereocenters. The molecule has 0 aliphatic carbocycles. The Bertz CT molecular complexity index is 1420. The number of carbonyl (C=O) groups excluding carboxylic acids is 2. The molecule has 0 fully saturated rings. The zero-order chi connectivity index (χ0) is 24.2. The fourth-order valence-corrected chi connectivity index (χ4v) is 2.93. The molecule has 15 nitrogen and oxygen atoms in total. The highest BCUT2D eigenvalue weighted by molar-refractivity contribution is 6.00. The van der Waals surface area contributed by atoms with Crippen molar-refractivity contribution >= 4 is 29.6 Å². The summed E-state index contributed by atoms with van der Waals surface area (Å²) in [4.78, 5) is 34.4. The van der Waals surface area contributed by atoms with Gasteiger partial charge in [-0.05, 0) is 22.4 Å². The number of nitrogens with two attached hydrogens (primary N) is 1. The predicted molar refractivity (Wildman–Crippen MR) is 112 cm³/mol. The highest BCUT2D eigenvalue weighted by atomic mass is 16.6. The summed E-state index contributed by atoms with van der Waals surface area (Å²) in [7, 11) is 0. The molecule has 2 aromatic carbocycles. The van der Waals surface area contributed by atoms with Gasteiger partial charge in [-0.1, -0.05) is 29.5 Å². The number of nitro benzene ring substituents is 1. The summed E-state index contributed by atoms with van der Waals surface area (Å²) in [6.07, 6.45) is 1.12. The molecule has 0 saturated heterocycles. The Hall–Kier alpha value is -5.47. The number of carboxylic acid groups (broad SMARTS) is 1. The Labute approximate surface area is 188 Å². The van der Waals surface area contributed by atoms with Crippen molar-refractivity contribution in [1.29, 1.82) is 0 Å². The molecule has 170 valence electrons. The van der Waals surface area contributed by atoms with E-state index in [2.05, 4.69) is 35.8 Å². The van der Waals surface area contributed by atoms with Crippen LogP contribution in [0.25, 0.3) is 17.1 Å². The lowest BCUT2D eigenvalue weighted by Crippen LogP contribution is -2.24. The number of rotatable bonds is 7. The molecule has 1 amide bonds. The zero-order valence-electron chi connectivity index (χ0n) is 16.9. The summed E-state index contributed by atoms with van der Waals surface area (Å²) in [5.74, 6) is -2.43. The maximum atomic E-state index is 12.8. The third-order valence-electron chi connectivity index (χ3n) is 4.48. The third kappa shape index (κ3) is 4.15. The minimum Gasteiger partial charge on any atom is -0.545 e. The van der Waals surface area contributed by atoms with E-state index in [0.29, 0.717) is 5.56 Å². The minimum atomic E-state index is -1.41. The molecule has 34 heavy (non-hydrogen) atoms. The number of amides is 1. The van der Waals surface area contributed by atoms with Crippen LogP contribution < -0.4 is 16.3 Å². The van der Waals surface area contributed by atoms with Crippen molar-refractivity contribution in [1.82, 2.24) is 30.7 Å². The lowest BCUT2D eigenvalue weighted by Gasteiger charge is -2.06. The topological polar surface area (TPSA) is 220 Å². The van der Waals surface area contributed by atoms with E-state index in [0.717, 1.165) is 10.9 Å². The van der Waals surface area contributed by atoms with Crippen LogP contribution in [-0.4, -0.2) is 48.3 Å². The lowest BCUT2D eigenvalue weighted by atomic mass is 10.1. The summed E-state index contributed by atoms with van der Waals surface area (Å²) in [5, 5.41) is 40.8. The molecule has 2 aromatic heterocycles. The number of nitrogens with one attached hydrogen (secondary N) is 1. The first kappa shape index (κ1) is 21.8. The Kier molecular flexibility index (Phi) is 5.73. The van der Waals surface area contributed by atoms with Crippen LogP contribution in [0.1, 0.15) is 26.4 Å². The second kappa shape index (κ2) is 8.95. The number of carbonyl (C=O) groups is 2. The first-order valence-corrected chi connectivity index (χ1v) is 9.29. The standard InChI is InChI=1S/C19H13N9O6/c20-16-17(25-34-24-16)27-15(10-5-7-12(8-6-10)28(32)33)14(22-26-27)18(29)23-21-9-11-3-1-2-4-13(11)19(30)31/h1-9H,(H2,20,24)(H,23,29)(H,30,31)/p-1. The van der Waals surface area contributed by atoms with Crippen LogP contribution in [-0.2, 0) is 0 Å². The van der Waals surface area contributed by atoms with E-state index < -0.39 is 16.8 Å². The summed E-state index contributed by atoms with van der Waals surface area (Å²) in [6.45, 7) is 0. The largest absolute Gasteiger partial charge is 0.545 e. The van der Waals surface area contributed by atoms with E-state index in [9.17, 15) is 24.8 Å². The maximum Gasteiger partial charge on any atom is 0.294 e. The van der Waals surface area contributed by atoms with E-state index in [-0.39, 0.29) is 39.8 Å². The monoisotopic (exact) mass is 462 g/mol. The molecule has 0 saturated carbocycles. The summed E-state index contributed by atoms with van der Waals surface area (Å²) in [5.41, 5.74) is 8.01. The van der Waals surface area contributed by atoms with Crippen molar-refractivity contribution in [3.8, 4) is 17.1 Å². The minimum absolute atomic E-state index is 0.0636. The van der Waals surface area contributed by atoms with Crippen molar-refractivity contribution < 1.29 is 24.2 Å². The number of aromatic nitrogens is 5. The van der Waals surface area contributed by atoms with Gasteiger partial charge in [0, 0.05) is 28.8 Å².